The van der Waals surface area contributed by atoms with Crippen molar-refractivity contribution in [2.45, 2.75) is 46.1 Å². The molecule has 0 saturated carbocycles. The zero-order valence-corrected chi connectivity index (χ0v) is 12.2. The number of para-hydroxylation sites is 1. The van der Waals surface area contributed by atoms with E-state index in [4.69, 9.17) is 4.74 Å². The second-order valence-corrected chi connectivity index (χ2v) is 5.18. The normalized spacial score (nSPS) is 12.7. The molecule has 0 aliphatic carbocycles. The Hall–Kier alpha value is -1.02. The molecule has 18 heavy (non-hydrogen) atoms. The maximum Gasteiger partial charge on any atom is 0.123 e. The third kappa shape index (κ3) is 4.69. The van der Waals surface area contributed by atoms with Crippen LogP contribution in [0.5, 0.6) is 5.75 Å². The number of nitrogens with one attached hydrogen (secondary N) is 1. The molecule has 0 radical (unpaired) electrons. The minimum absolute atomic E-state index is 0.407. The molecule has 2 heteroatoms. The van der Waals surface area contributed by atoms with Crippen LogP contribution in [-0.2, 0) is 0 Å². The van der Waals surface area contributed by atoms with Crippen molar-refractivity contribution in [3.05, 3.63) is 29.8 Å². The van der Waals surface area contributed by atoms with E-state index in [0.29, 0.717) is 6.04 Å². The maximum absolute atomic E-state index is 5.46. The van der Waals surface area contributed by atoms with Crippen molar-refractivity contribution in [3.8, 4) is 5.75 Å². The molecule has 102 valence electrons. The molecule has 0 aliphatic rings. The fourth-order valence-electron chi connectivity index (χ4n) is 2.30. The Morgan fingerprint density at radius 2 is 1.89 bits per heavy atom. The van der Waals surface area contributed by atoms with Crippen LogP contribution < -0.4 is 10.1 Å². The van der Waals surface area contributed by atoms with Gasteiger partial charge in [-0.1, -0.05) is 51.8 Å². The summed E-state index contributed by atoms with van der Waals surface area (Å²) in [5.41, 5.74) is 1.28. The number of benzene rings is 1. The highest BCUT2D eigenvalue weighted by Crippen LogP contribution is 2.28. The average Bonchev–Trinajstić information content (AvgIpc) is 2.37. The average molecular weight is 249 g/mol. The third-order valence-corrected chi connectivity index (χ3v) is 3.24. The molecule has 1 unspecified atom stereocenters. The van der Waals surface area contributed by atoms with Gasteiger partial charge in [0.25, 0.3) is 0 Å². The molecule has 0 heterocycles. The number of hydrogen-bond acceptors (Lipinski definition) is 2. The second-order valence-electron chi connectivity index (χ2n) is 5.18. The molecule has 0 saturated heterocycles. The molecule has 0 fully saturated rings. The highest BCUT2D eigenvalue weighted by atomic mass is 16.5. The van der Waals surface area contributed by atoms with Gasteiger partial charge >= 0.3 is 0 Å². The summed E-state index contributed by atoms with van der Waals surface area (Å²) < 4.78 is 5.46. The topological polar surface area (TPSA) is 21.3 Å². The van der Waals surface area contributed by atoms with Crippen LogP contribution in [-0.4, -0.2) is 13.7 Å². The number of ether oxygens (including phenoxy) is 1. The summed E-state index contributed by atoms with van der Waals surface area (Å²) in [4.78, 5) is 0. The number of methoxy groups -OCH3 is 1. The van der Waals surface area contributed by atoms with Crippen molar-refractivity contribution in [2.75, 3.05) is 13.7 Å². The standard InChI is InChI=1S/C16H27NO/c1-5-17-15(11-8-9-13(2)3)14-10-6-7-12-16(14)18-4/h6-7,10,12-13,15,17H,5,8-9,11H2,1-4H3. The van der Waals surface area contributed by atoms with Crippen LogP contribution in [0, 0.1) is 5.92 Å². The van der Waals surface area contributed by atoms with Crippen LogP contribution in [0.2, 0.25) is 0 Å². The van der Waals surface area contributed by atoms with Gasteiger partial charge in [-0.2, -0.15) is 0 Å². The van der Waals surface area contributed by atoms with E-state index in [9.17, 15) is 0 Å². The lowest BCUT2D eigenvalue weighted by molar-refractivity contribution is 0.390. The van der Waals surface area contributed by atoms with Crippen molar-refractivity contribution in [1.29, 1.82) is 0 Å². The van der Waals surface area contributed by atoms with Crippen molar-refractivity contribution in [2.24, 2.45) is 5.92 Å². The monoisotopic (exact) mass is 249 g/mol. The Morgan fingerprint density at radius 1 is 1.17 bits per heavy atom. The second kappa shape index (κ2) is 8.15. The van der Waals surface area contributed by atoms with Crippen LogP contribution in [0.15, 0.2) is 24.3 Å². The summed E-state index contributed by atoms with van der Waals surface area (Å²) in [6.07, 6.45) is 3.72. The minimum Gasteiger partial charge on any atom is -0.496 e. The van der Waals surface area contributed by atoms with Gasteiger partial charge in [0.1, 0.15) is 5.75 Å². The van der Waals surface area contributed by atoms with Gasteiger partial charge in [-0.25, -0.2) is 0 Å². The van der Waals surface area contributed by atoms with Gasteiger partial charge in [-0.15, -0.1) is 0 Å². The van der Waals surface area contributed by atoms with E-state index in [0.717, 1.165) is 18.2 Å². The van der Waals surface area contributed by atoms with Gasteiger partial charge in [0, 0.05) is 11.6 Å². The first-order chi connectivity index (χ1) is 8.69. The summed E-state index contributed by atoms with van der Waals surface area (Å²) in [5, 5.41) is 3.57. The quantitative estimate of drug-likeness (QED) is 0.746. The van der Waals surface area contributed by atoms with Gasteiger partial charge < -0.3 is 10.1 Å². The first-order valence-corrected chi connectivity index (χ1v) is 7.05. The molecule has 1 aromatic rings. The summed E-state index contributed by atoms with van der Waals surface area (Å²) >= 11 is 0. The van der Waals surface area contributed by atoms with E-state index < -0.39 is 0 Å². The van der Waals surface area contributed by atoms with Gasteiger partial charge in [0.2, 0.25) is 0 Å². The van der Waals surface area contributed by atoms with E-state index in [1.54, 1.807) is 7.11 Å². The van der Waals surface area contributed by atoms with Crippen molar-refractivity contribution < 1.29 is 4.74 Å². The van der Waals surface area contributed by atoms with Gasteiger partial charge in [-0.05, 0) is 24.9 Å². The minimum atomic E-state index is 0.407. The largest absolute Gasteiger partial charge is 0.496 e. The van der Waals surface area contributed by atoms with Crippen LogP contribution in [0.4, 0.5) is 0 Å². The molecule has 0 amide bonds. The zero-order valence-electron chi connectivity index (χ0n) is 12.2. The van der Waals surface area contributed by atoms with Gasteiger partial charge in [-0.3, -0.25) is 0 Å². The Balaban J connectivity index is 2.70. The maximum atomic E-state index is 5.46. The van der Waals surface area contributed by atoms with E-state index in [1.807, 2.05) is 12.1 Å². The Labute approximate surface area is 112 Å². The first kappa shape index (κ1) is 15.0. The molecular formula is C16H27NO. The molecule has 0 aliphatic heterocycles. The lowest BCUT2D eigenvalue weighted by atomic mass is 9.97. The number of rotatable bonds is 8. The van der Waals surface area contributed by atoms with Crippen molar-refractivity contribution in [3.63, 3.8) is 0 Å². The van der Waals surface area contributed by atoms with Crippen LogP contribution in [0.25, 0.3) is 0 Å². The summed E-state index contributed by atoms with van der Waals surface area (Å²) in [5.74, 6) is 1.78. The zero-order chi connectivity index (χ0) is 13.4. The SMILES string of the molecule is CCNC(CCCC(C)C)c1ccccc1OC. The number of hydrogen-bond donors (Lipinski definition) is 1. The highest BCUT2D eigenvalue weighted by molar-refractivity contribution is 5.35. The summed E-state index contributed by atoms with van der Waals surface area (Å²) in [6.45, 7) is 7.71. The molecule has 1 rings (SSSR count). The Kier molecular flexibility index (Phi) is 6.81. The molecular weight excluding hydrogens is 222 g/mol. The molecule has 0 bridgehead atoms. The van der Waals surface area contributed by atoms with Crippen molar-refractivity contribution >= 4 is 0 Å². The predicted molar refractivity (Wildman–Crippen MR) is 78.1 cm³/mol. The molecule has 0 spiro atoms. The Morgan fingerprint density at radius 3 is 2.50 bits per heavy atom. The van der Waals surface area contributed by atoms with E-state index >= 15 is 0 Å². The van der Waals surface area contributed by atoms with Gasteiger partial charge in [0.15, 0.2) is 0 Å². The predicted octanol–water partition coefficient (Wildman–Crippen LogP) is 4.17. The molecule has 1 N–H and O–H groups in total. The van der Waals surface area contributed by atoms with E-state index in [-0.39, 0.29) is 0 Å². The summed E-state index contributed by atoms with van der Waals surface area (Å²) in [7, 11) is 1.75. The molecule has 2 nitrogen and oxygen atoms in total. The van der Waals surface area contributed by atoms with Crippen LogP contribution in [0.1, 0.15) is 51.6 Å². The molecule has 0 aromatic heterocycles. The van der Waals surface area contributed by atoms with Crippen molar-refractivity contribution in [1.82, 2.24) is 5.32 Å². The summed E-state index contributed by atoms with van der Waals surface area (Å²) in [6, 6.07) is 8.73. The molecule has 1 atom stereocenters. The fraction of sp³-hybridized carbons (Fsp3) is 0.625. The smallest absolute Gasteiger partial charge is 0.123 e. The first-order valence-electron chi connectivity index (χ1n) is 7.05. The lowest BCUT2D eigenvalue weighted by Gasteiger charge is -2.21. The van der Waals surface area contributed by atoms with E-state index in [1.165, 1.54) is 24.8 Å². The third-order valence-electron chi connectivity index (χ3n) is 3.24. The Bertz CT molecular complexity index is 336. The molecule has 1 aromatic carbocycles. The fourth-order valence-corrected chi connectivity index (χ4v) is 2.30. The lowest BCUT2D eigenvalue weighted by Crippen LogP contribution is -2.21. The van der Waals surface area contributed by atoms with Gasteiger partial charge in [0.05, 0.1) is 7.11 Å². The van der Waals surface area contributed by atoms with E-state index in [2.05, 4.69) is 38.2 Å². The van der Waals surface area contributed by atoms with Crippen LogP contribution >= 0.6 is 0 Å². The van der Waals surface area contributed by atoms with Crippen LogP contribution in [0.3, 0.4) is 0 Å². The highest BCUT2D eigenvalue weighted by Gasteiger charge is 2.14.